The van der Waals surface area contributed by atoms with Crippen molar-refractivity contribution in [3.05, 3.63) is 95.6 Å². The highest BCUT2D eigenvalue weighted by molar-refractivity contribution is 5.88. The van der Waals surface area contributed by atoms with Crippen LogP contribution < -0.4 is 14.8 Å². The fourth-order valence-electron chi connectivity index (χ4n) is 5.34. The van der Waals surface area contributed by atoms with E-state index in [0.29, 0.717) is 39.0 Å². The van der Waals surface area contributed by atoms with Gasteiger partial charge in [-0.3, -0.25) is 9.59 Å². The van der Waals surface area contributed by atoms with Crippen LogP contribution in [-0.2, 0) is 29.0 Å². The highest BCUT2D eigenvalue weighted by Gasteiger charge is 2.32. The van der Waals surface area contributed by atoms with E-state index in [-0.39, 0.29) is 17.9 Å². The van der Waals surface area contributed by atoms with Gasteiger partial charge in [0, 0.05) is 25.4 Å². The molecule has 0 radical (unpaired) electrons. The molecule has 1 heterocycles. The van der Waals surface area contributed by atoms with Crippen molar-refractivity contribution in [3.8, 4) is 11.5 Å². The predicted octanol–water partition coefficient (Wildman–Crippen LogP) is 5.09. The third kappa shape index (κ3) is 6.74. The summed E-state index contributed by atoms with van der Waals surface area (Å²) in [5, 5.41) is 3.27. The van der Waals surface area contributed by atoms with E-state index in [1.807, 2.05) is 78.9 Å². The number of aryl methyl sites for hydroxylation is 1. The third-order valence-electron chi connectivity index (χ3n) is 7.40. The van der Waals surface area contributed by atoms with Gasteiger partial charge in [0.2, 0.25) is 11.8 Å². The average Bonchev–Trinajstić information content (AvgIpc) is 3.47. The zero-order chi connectivity index (χ0) is 26.2. The molecule has 1 saturated carbocycles. The molecule has 38 heavy (non-hydrogen) atoms. The van der Waals surface area contributed by atoms with Gasteiger partial charge in [0.15, 0.2) is 11.5 Å². The Hall–Kier alpha value is -3.80. The van der Waals surface area contributed by atoms with Crippen molar-refractivity contribution in [2.45, 2.75) is 63.6 Å². The summed E-state index contributed by atoms with van der Waals surface area (Å²) in [6, 6.07) is 25.3. The topological polar surface area (TPSA) is 67.9 Å². The number of fused-ring (bicyclic) bond motifs is 1. The lowest BCUT2D eigenvalue weighted by Crippen LogP contribution is -2.52. The van der Waals surface area contributed by atoms with Gasteiger partial charge in [-0.15, -0.1) is 0 Å². The lowest BCUT2D eigenvalue weighted by atomic mass is 10.0. The number of ether oxygens (including phenoxy) is 2. The SMILES string of the molecule is O=C(NC1CCCC1)C(Cc1ccccc1)N(Cc1ccccc1)C(=O)CCc1ccc2c(c1)OCCO2. The Morgan fingerprint density at radius 1 is 0.816 bits per heavy atom. The van der Waals surface area contributed by atoms with Crippen LogP contribution in [-0.4, -0.2) is 42.0 Å². The molecule has 1 aliphatic carbocycles. The molecule has 0 saturated heterocycles. The largest absolute Gasteiger partial charge is 0.486 e. The minimum atomic E-state index is -0.592. The lowest BCUT2D eigenvalue weighted by Gasteiger charge is -2.32. The summed E-state index contributed by atoms with van der Waals surface area (Å²) in [6.07, 6.45) is 5.60. The Labute approximate surface area is 225 Å². The van der Waals surface area contributed by atoms with E-state index < -0.39 is 6.04 Å². The van der Waals surface area contributed by atoms with Crippen LogP contribution >= 0.6 is 0 Å². The molecule has 1 unspecified atom stereocenters. The third-order valence-corrected chi connectivity index (χ3v) is 7.40. The molecule has 1 N–H and O–H groups in total. The van der Waals surface area contributed by atoms with Crippen LogP contribution in [0.5, 0.6) is 11.5 Å². The molecule has 1 aliphatic heterocycles. The Kier molecular flexibility index (Phi) is 8.59. The second-order valence-corrected chi connectivity index (χ2v) is 10.2. The van der Waals surface area contributed by atoms with Crippen LogP contribution in [0.3, 0.4) is 0 Å². The number of nitrogens with zero attached hydrogens (tertiary/aromatic N) is 1. The first-order valence-corrected chi connectivity index (χ1v) is 13.7. The van der Waals surface area contributed by atoms with Crippen LogP contribution in [0.1, 0.15) is 48.8 Å². The Balaban J connectivity index is 1.38. The summed E-state index contributed by atoms with van der Waals surface area (Å²) in [5.74, 6) is 1.36. The van der Waals surface area contributed by atoms with Gasteiger partial charge in [-0.2, -0.15) is 0 Å². The van der Waals surface area contributed by atoms with Crippen LogP contribution in [0.15, 0.2) is 78.9 Å². The predicted molar refractivity (Wildman–Crippen MR) is 147 cm³/mol. The number of carbonyl (C=O) groups is 2. The van der Waals surface area contributed by atoms with E-state index in [2.05, 4.69) is 5.32 Å². The maximum absolute atomic E-state index is 13.9. The smallest absolute Gasteiger partial charge is 0.243 e. The van der Waals surface area contributed by atoms with Gasteiger partial charge < -0.3 is 19.7 Å². The maximum Gasteiger partial charge on any atom is 0.243 e. The zero-order valence-electron chi connectivity index (χ0n) is 21.8. The Morgan fingerprint density at radius 3 is 2.18 bits per heavy atom. The molecule has 6 heteroatoms. The highest BCUT2D eigenvalue weighted by atomic mass is 16.6. The van der Waals surface area contributed by atoms with Crippen LogP contribution in [0.4, 0.5) is 0 Å². The number of hydrogen-bond donors (Lipinski definition) is 1. The zero-order valence-corrected chi connectivity index (χ0v) is 21.8. The molecule has 1 fully saturated rings. The summed E-state index contributed by atoms with van der Waals surface area (Å²) >= 11 is 0. The normalized spacial score (nSPS) is 15.6. The van der Waals surface area contributed by atoms with Gasteiger partial charge in [0.1, 0.15) is 19.3 Å². The first-order chi connectivity index (χ1) is 18.7. The van der Waals surface area contributed by atoms with E-state index in [1.165, 1.54) is 0 Å². The van der Waals surface area contributed by atoms with Gasteiger partial charge >= 0.3 is 0 Å². The molecule has 3 aromatic carbocycles. The number of carbonyl (C=O) groups excluding carboxylic acids is 2. The number of rotatable bonds is 10. The first-order valence-electron chi connectivity index (χ1n) is 13.7. The molecule has 0 aromatic heterocycles. The van der Waals surface area contributed by atoms with E-state index >= 15 is 0 Å². The Morgan fingerprint density at radius 2 is 1.47 bits per heavy atom. The minimum absolute atomic E-state index is 0.0359. The van der Waals surface area contributed by atoms with Crippen LogP contribution in [0.25, 0.3) is 0 Å². The van der Waals surface area contributed by atoms with Crippen molar-refractivity contribution >= 4 is 11.8 Å². The van der Waals surface area contributed by atoms with Crippen molar-refractivity contribution in [2.24, 2.45) is 0 Å². The molecule has 6 nitrogen and oxygen atoms in total. The molecule has 1 atom stereocenters. The van der Waals surface area contributed by atoms with Gasteiger partial charge in [-0.05, 0) is 48.1 Å². The fourth-order valence-corrected chi connectivity index (χ4v) is 5.34. The molecule has 0 bridgehead atoms. The van der Waals surface area contributed by atoms with E-state index in [4.69, 9.17) is 9.47 Å². The molecule has 2 aliphatic rings. The van der Waals surface area contributed by atoms with Crippen LogP contribution in [0.2, 0.25) is 0 Å². The minimum Gasteiger partial charge on any atom is -0.486 e. The summed E-state index contributed by atoms with van der Waals surface area (Å²) in [6.45, 7) is 1.46. The second-order valence-electron chi connectivity index (χ2n) is 10.2. The van der Waals surface area contributed by atoms with Crippen molar-refractivity contribution < 1.29 is 19.1 Å². The summed E-state index contributed by atoms with van der Waals surface area (Å²) < 4.78 is 11.4. The van der Waals surface area contributed by atoms with E-state index in [1.54, 1.807) is 4.90 Å². The number of amides is 2. The molecule has 2 amide bonds. The number of benzene rings is 3. The quantitative estimate of drug-likeness (QED) is 0.411. The van der Waals surface area contributed by atoms with Crippen molar-refractivity contribution in [2.75, 3.05) is 13.2 Å². The molecular weight excluding hydrogens is 476 g/mol. The van der Waals surface area contributed by atoms with Gasteiger partial charge in [0.25, 0.3) is 0 Å². The molecule has 198 valence electrons. The summed E-state index contributed by atoms with van der Waals surface area (Å²) in [4.78, 5) is 29.4. The fraction of sp³-hybridized carbons (Fsp3) is 0.375. The molecule has 3 aromatic rings. The molecular formula is C32H36N2O4. The van der Waals surface area contributed by atoms with Crippen molar-refractivity contribution in [3.63, 3.8) is 0 Å². The average molecular weight is 513 g/mol. The van der Waals surface area contributed by atoms with Crippen molar-refractivity contribution in [1.82, 2.24) is 10.2 Å². The summed E-state index contributed by atoms with van der Waals surface area (Å²) in [7, 11) is 0. The molecule has 5 rings (SSSR count). The van der Waals surface area contributed by atoms with E-state index in [0.717, 1.165) is 53.9 Å². The van der Waals surface area contributed by atoms with Crippen molar-refractivity contribution in [1.29, 1.82) is 0 Å². The number of nitrogens with one attached hydrogen (secondary N) is 1. The second kappa shape index (κ2) is 12.6. The Bertz CT molecular complexity index is 1210. The standard InChI is InChI=1S/C32H36N2O4/c35-31(18-16-25-15-17-29-30(22-25)38-20-19-37-29)34(23-26-11-5-2-6-12-26)28(21-24-9-3-1-4-10-24)32(36)33-27-13-7-8-14-27/h1-6,9-12,15,17,22,27-28H,7-8,13-14,16,18-21,23H2,(H,33,36). The van der Waals surface area contributed by atoms with Gasteiger partial charge in [-0.25, -0.2) is 0 Å². The lowest BCUT2D eigenvalue weighted by molar-refractivity contribution is -0.141. The van der Waals surface area contributed by atoms with Crippen LogP contribution in [0, 0.1) is 0 Å². The first kappa shape index (κ1) is 25.8. The summed E-state index contributed by atoms with van der Waals surface area (Å²) in [5.41, 5.74) is 3.06. The highest BCUT2D eigenvalue weighted by Crippen LogP contribution is 2.31. The van der Waals surface area contributed by atoms with E-state index in [9.17, 15) is 9.59 Å². The maximum atomic E-state index is 13.9. The molecule has 0 spiro atoms. The number of hydrogen-bond acceptors (Lipinski definition) is 4. The van der Waals surface area contributed by atoms with Gasteiger partial charge in [0.05, 0.1) is 0 Å². The monoisotopic (exact) mass is 512 g/mol. The van der Waals surface area contributed by atoms with Gasteiger partial charge in [-0.1, -0.05) is 79.6 Å².